The van der Waals surface area contributed by atoms with Crippen LogP contribution in [-0.2, 0) is 4.79 Å². The smallest absolute Gasteiger partial charge is 0.246 e. The topological polar surface area (TPSA) is 91.3 Å². The predicted octanol–water partition coefficient (Wildman–Crippen LogP) is 3.06. The van der Waals surface area contributed by atoms with Crippen LogP contribution in [0, 0.1) is 0 Å². The molecule has 0 spiro atoms. The number of methoxy groups -OCH3 is 4. The van der Waals surface area contributed by atoms with E-state index in [0.29, 0.717) is 45.7 Å². The first-order valence-electron chi connectivity index (χ1n) is 9.21. The minimum Gasteiger partial charge on any atom is -0.493 e. The monoisotopic (exact) mass is 407 g/mol. The van der Waals surface area contributed by atoms with Crippen molar-refractivity contribution in [2.24, 2.45) is 4.99 Å². The molecular weight excluding hydrogens is 386 g/mol. The molecule has 0 saturated heterocycles. The Balaban J connectivity index is 1.99. The van der Waals surface area contributed by atoms with Gasteiger partial charge >= 0.3 is 0 Å². The minimum atomic E-state index is -0.224. The molecule has 0 saturated carbocycles. The number of hydrogen-bond donors (Lipinski definition) is 1. The highest BCUT2D eigenvalue weighted by molar-refractivity contribution is 6.23. The van der Waals surface area contributed by atoms with E-state index >= 15 is 0 Å². The van der Waals surface area contributed by atoms with Gasteiger partial charge in [-0.25, -0.2) is 0 Å². The lowest BCUT2D eigenvalue weighted by Crippen LogP contribution is -2.13. The molecular formula is C22H21N3O5. The normalized spacial score (nSPS) is 13.1. The zero-order valence-corrected chi connectivity index (χ0v) is 17.1. The highest BCUT2D eigenvalue weighted by atomic mass is 16.5. The third-order valence-electron chi connectivity index (χ3n) is 4.93. The van der Waals surface area contributed by atoms with Gasteiger partial charge < -0.3 is 24.3 Å². The number of benzodiazepines with no additional fused rings is 1. The SMILES string of the molecule is COc1cc2c(cc1OC)C(c1nccc3cc(OC)c(OC)cc13)=NCC(=O)N2. The van der Waals surface area contributed by atoms with Crippen molar-refractivity contribution in [3.8, 4) is 23.0 Å². The van der Waals surface area contributed by atoms with Crippen molar-refractivity contribution >= 4 is 28.1 Å². The molecule has 1 aromatic heterocycles. The highest BCUT2D eigenvalue weighted by Gasteiger charge is 2.24. The van der Waals surface area contributed by atoms with E-state index in [0.717, 1.165) is 10.8 Å². The number of benzene rings is 2. The van der Waals surface area contributed by atoms with E-state index in [9.17, 15) is 4.79 Å². The molecule has 0 atom stereocenters. The molecule has 8 nitrogen and oxygen atoms in total. The summed E-state index contributed by atoms with van der Waals surface area (Å²) in [5.41, 5.74) is 2.46. The molecule has 2 heterocycles. The van der Waals surface area contributed by atoms with Gasteiger partial charge in [0.25, 0.3) is 0 Å². The molecule has 3 aromatic rings. The van der Waals surface area contributed by atoms with Crippen LogP contribution in [0.4, 0.5) is 5.69 Å². The van der Waals surface area contributed by atoms with E-state index in [1.807, 2.05) is 18.2 Å². The summed E-state index contributed by atoms with van der Waals surface area (Å²) in [6.07, 6.45) is 1.70. The molecule has 30 heavy (non-hydrogen) atoms. The van der Waals surface area contributed by atoms with E-state index in [4.69, 9.17) is 18.9 Å². The Kier molecular flexibility index (Phi) is 5.14. The largest absolute Gasteiger partial charge is 0.493 e. The van der Waals surface area contributed by atoms with Crippen LogP contribution in [0.5, 0.6) is 23.0 Å². The van der Waals surface area contributed by atoms with Gasteiger partial charge in [0.05, 0.1) is 45.5 Å². The first-order chi connectivity index (χ1) is 14.6. The van der Waals surface area contributed by atoms with Crippen LogP contribution in [0.2, 0.25) is 0 Å². The number of aliphatic imine (C=N–C) groups is 1. The van der Waals surface area contributed by atoms with Crippen molar-refractivity contribution < 1.29 is 23.7 Å². The summed E-state index contributed by atoms with van der Waals surface area (Å²) in [5, 5.41) is 4.61. The number of hydrogen-bond acceptors (Lipinski definition) is 7. The molecule has 0 fully saturated rings. The van der Waals surface area contributed by atoms with E-state index in [1.165, 1.54) is 0 Å². The average molecular weight is 407 g/mol. The van der Waals surface area contributed by atoms with Crippen LogP contribution < -0.4 is 24.3 Å². The van der Waals surface area contributed by atoms with Gasteiger partial charge in [-0.15, -0.1) is 0 Å². The Morgan fingerprint density at radius 1 is 0.867 bits per heavy atom. The van der Waals surface area contributed by atoms with Gasteiger partial charge in [0, 0.05) is 23.2 Å². The van der Waals surface area contributed by atoms with Gasteiger partial charge in [-0.3, -0.25) is 14.8 Å². The summed E-state index contributed by atoms with van der Waals surface area (Å²) in [6.45, 7) is -0.0278. The maximum absolute atomic E-state index is 12.3. The van der Waals surface area contributed by atoms with Gasteiger partial charge in [-0.2, -0.15) is 0 Å². The van der Waals surface area contributed by atoms with Crippen LogP contribution in [0.3, 0.4) is 0 Å². The van der Waals surface area contributed by atoms with Crippen molar-refractivity contribution in [1.82, 2.24) is 4.98 Å². The van der Waals surface area contributed by atoms with Crippen molar-refractivity contribution in [2.75, 3.05) is 40.3 Å². The minimum absolute atomic E-state index is 0.0278. The molecule has 1 aliphatic heterocycles. The molecule has 1 N–H and O–H groups in total. The lowest BCUT2D eigenvalue weighted by molar-refractivity contribution is -0.114. The molecule has 0 radical (unpaired) electrons. The summed E-state index contributed by atoms with van der Waals surface area (Å²) < 4.78 is 21.7. The van der Waals surface area contributed by atoms with Crippen molar-refractivity contribution in [3.63, 3.8) is 0 Å². The van der Waals surface area contributed by atoms with Crippen LogP contribution >= 0.6 is 0 Å². The Bertz CT molecular complexity index is 1170. The second-order valence-electron chi connectivity index (χ2n) is 6.55. The number of carbonyl (C=O) groups excluding carboxylic acids is 1. The first kappa shape index (κ1) is 19.5. The maximum atomic E-state index is 12.3. The fourth-order valence-electron chi connectivity index (χ4n) is 3.49. The molecule has 0 aliphatic carbocycles. The maximum Gasteiger partial charge on any atom is 0.246 e. The highest BCUT2D eigenvalue weighted by Crippen LogP contribution is 2.38. The molecule has 0 bridgehead atoms. The molecule has 4 rings (SSSR count). The van der Waals surface area contributed by atoms with Gasteiger partial charge in [0.1, 0.15) is 6.54 Å². The predicted molar refractivity (Wildman–Crippen MR) is 114 cm³/mol. The molecule has 2 aromatic carbocycles. The molecule has 1 aliphatic rings. The molecule has 8 heteroatoms. The standard InChI is InChI=1S/C22H21N3O5/c1-27-16-7-12-5-6-23-21(13(12)8-17(16)28-2)22-14-9-18(29-3)19(30-4)10-15(14)25-20(26)11-24-22/h5-10H,11H2,1-4H3,(H,25,26). The Morgan fingerprint density at radius 3 is 2.20 bits per heavy atom. The number of amides is 1. The fraction of sp³-hybridized carbons (Fsp3) is 0.227. The van der Waals surface area contributed by atoms with Crippen molar-refractivity contribution in [3.05, 3.63) is 47.8 Å². The van der Waals surface area contributed by atoms with Crippen LogP contribution in [0.25, 0.3) is 10.8 Å². The van der Waals surface area contributed by atoms with Gasteiger partial charge in [-0.1, -0.05) is 0 Å². The number of carbonyl (C=O) groups is 1. The lowest BCUT2D eigenvalue weighted by atomic mass is 9.99. The second-order valence-corrected chi connectivity index (χ2v) is 6.55. The Morgan fingerprint density at radius 2 is 1.50 bits per heavy atom. The quantitative estimate of drug-likeness (QED) is 0.699. The van der Waals surface area contributed by atoms with Crippen molar-refractivity contribution in [2.45, 2.75) is 0 Å². The van der Waals surface area contributed by atoms with Crippen LogP contribution in [-0.4, -0.2) is 51.6 Å². The third-order valence-corrected chi connectivity index (χ3v) is 4.93. The van der Waals surface area contributed by atoms with Crippen molar-refractivity contribution in [1.29, 1.82) is 0 Å². The molecule has 0 unspecified atom stereocenters. The number of rotatable bonds is 5. The van der Waals surface area contributed by atoms with Crippen LogP contribution in [0.15, 0.2) is 41.5 Å². The summed E-state index contributed by atoms with van der Waals surface area (Å²) in [4.78, 5) is 21.4. The number of nitrogens with one attached hydrogen (secondary N) is 1. The Hall–Kier alpha value is -3.81. The number of ether oxygens (including phenoxy) is 4. The number of aromatic nitrogens is 1. The summed E-state index contributed by atoms with van der Waals surface area (Å²) in [5.74, 6) is 2.01. The number of pyridine rings is 1. The first-order valence-corrected chi connectivity index (χ1v) is 9.21. The van der Waals surface area contributed by atoms with Gasteiger partial charge in [0.2, 0.25) is 5.91 Å². The number of nitrogens with zero attached hydrogens (tertiary/aromatic N) is 2. The van der Waals surface area contributed by atoms with E-state index < -0.39 is 0 Å². The summed E-state index contributed by atoms with van der Waals surface area (Å²) in [6, 6.07) is 9.15. The summed E-state index contributed by atoms with van der Waals surface area (Å²) >= 11 is 0. The third kappa shape index (κ3) is 3.26. The van der Waals surface area contributed by atoms with Crippen LogP contribution in [0.1, 0.15) is 11.3 Å². The molecule has 1 amide bonds. The second kappa shape index (κ2) is 7.90. The Labute approximate surface area is 173 Å². The lowest BCUT2D eigenvalue weighted by Gasteiger charge is -2.16. The zero-order chi connectivity index (χ0) is 21.3. The average Bonchev–Trinajstić information content (AvgIpc) is 2.94. The number of fused-ring (bicyclic) bond motifs is 2. The van der Waals surface area contributed by atoms with E-state index in [1.54, 1.807) is 46.8 Å². The van der Waals surface area contributed by atoms with Gasteiger partial charge in [-0.05, 0) is 29.7 Å². The van der Waals surface area contributed by atoms with E-state index in [-0.39, 0.29) is 12.5 Å². The van der Waals surface area contributed by atoms with E-state index in [2.05, 4.69) is 15.3 Å². The van der Waals surface area contributed by atoms with Gasteiger partial charge in [0.15, 0.2) is 23.0 Å². The summed E-state index contributed by atoms with van der Waals surface area (Å²) in [7, 11) is 6.28. The zero-order valence-electron chi connectivity index (χ0n) is 17.1. The molecule has 154 valence electrons. The number of anilines is 1. The fourth-order valence-corrected chi connectivity index (χ4v) is 3.49.